The Kier molecular flexibility index (Phi) is 4.97. The fourth-order valence-corrected chi connectivity index (χ4v) is 3.91. The van der Waals surface area contributed by atoms with Crippen molar-refractivity contribution in [3.05, 3.63) is 94.4 Å². The van der Waals surface area contributed by atoms with E-state index in [4.69, 9.17) is 4.74 Å². The molecule has 5 aromatic rings. The summed E-state index contributed by atoms with van der Waals surface area (Å²) in [6, 6.07) is 14.6. The molecule has 0 bridgehead atoms. The van der Waals surface area contributed by atoms with Crippen molar-refractivity contribution >= 4 is 22.5 Å². The topological polar surface area (TPSA) is 78.5 Å². The van der Waals surface area contributed by atoms with Gasteiger partial charge in [0.1, 0.15) is 5.82 Å². The summed E-state index contributed by atoms with van der Waals surface area (Å²) in [6.45, 7) is 3.89. The minimum Gasteiger partial charge on any atom is -0.462 e. The van der Waals surface area contributed by atoms with Gasteiger partial charge in [0, 0.05) is 23.6 Å². The fraction of sp³-hybridized carbons (Fsp3) is 0.120. The first-order chi connectivity index (χ1) is 16.0. The highest BCUT2D eigenvalue weighted by Crippen LogP contribution is 2.28. The molecule has 33 heavy (non-hydrogen) atoms. The van der Waals surface area contributed by atoms with Crippen LogP contribution in [0.4, 0.5) is 4.39 Å². The molecule has 0 spiro atoms. The second kappa shape index (κ2) is 7.98. The average molecular weight is 442 g/mol. The normalized spacial score (nSPS) is 11.2. The van der Waals surface area contributed by atoms with E-state index >= 15 is 0 Å². The van der Waals surface area contributed by atoms with Crippen molar-refractivity contribution in [3.8, 4) is 16.8 Å². The molecular weight excluding hydrogens is 423 g/mol. The Morgan fingerprint density at radius 2 is 1.79 bits per heavy atom. The van der Waals surface area contributed by atoms with Crippen LogP contribution in [-0.4, -0.2) is 31.7 Å². The van der Waals surface area contributed by atoms with Gasteiger partial charge in [-0.2, -0.15) is 5.10 Å². The van der Waals surface area contributed by atoms with Crippen LogP contribution >= 0.6 is 0 Å². The van der Waals surface area contributed by atoms with Crippen LogP contribution in [0.1, 0.15) is 23.0 Å². The molecule has 0 atom stereocenters. The van der Waals surface area contributed by atoms with E-state index in [-0.39, 0.29) is 11.4 Å². The summed E-state index contributed by atoms with van der Waals surface area (Å²) in [7, 11) is 0. The van der Waals surface area contributed by atoms with Crippen LogP contribution < -0.4 is 5.56 Å². The van der Waals surface area contributed by atoms with Gasteiger partial charge in [0.2, 0.25) is 0 Å². The summed E-state index contributed by atoms with van der Waals surface area (Å²) in [4.78, 5) is 29.6. The molecule has 0 amide bonds. The molecule has 0 aliphatic heterocycles. The van der Waals surface area contributed by atoms with E-state index in [2.05, 4.69) is 10.1 Å². The minimum absolute atomic E-state index is 0.262. The number of hydrogen-bond acceptors (Lipinski definition) is 5. The Hall–Kier alpha value is -4.33. The maximum absolute atomic E-state index is 13.4. The number of carbonyl (C=O) groups excluding carboxylic acids is 1. The van der Waals surface area contributed by atoms with Gasteiger partial charge >= 0.3 is 5.97 Å². The number of pyridine rings is 1. The van der Waals surface area contributed by atoms with Gasteiger partial charge in [-0.15, -0.1) is 0 Å². The van der Waals surface area contributed by atoms with Crippen molar-refractivity contribution in [2.75, 3.05) is 6.61 Å². The predicted molar refractivity (Wildman–Crippen MR) is 122 cm³/mol. The van der Waals surface area contributed by atoms with Gasteiger partial charge in [-0.3, -0.25) is 9.36 Å². The number of aromatic nitrogens is 4. The van der Waals surface area contributed by atoms with Crippen LogP contribution in [0.15, 0.2) is 71.8 Å². The van der Waals surface area contributed by atoms with Crippen molar-refractivity contribution in [2.24, 2.45) is 0 Å². The summed E-state index contributed by atoms with van der Waals surface area (Å²) in [6.07, 6.45) is 3.20. The van der Waals surface area contributed by atoms with Crippen molar-refractivity contribution in [1.82, 2.24) is 19.2 Å². The lowest BCUT2D eigenvalue weighted by Gasteiger charge is -2.09. The van der Waals surface area contributed by atoms with Gasteiger partial charge in [0.15, 0.2) is 5.65 Å². The van der Waals surface area contributed by atoms with Crippen LogP contribution in [0.25, 0.3) is 33.4 Å². The molecule has 3 aromatic heterocycles. The van der Waals surface area contributed by atoms with Gasteiger partial charge in [0.05, 0.1) is 28.8 Å². The van der Waals surface area contributed by atoms with E-state index in [1.54, 1.807) is 60.1 Å². The molecule has 0 aliphatic rings. The molecule has 0 saturated carbocycles. The Bertz CT molecular complexity index is 1570. The quantitative estimate of drug-likeness (QED) is 0.387. The van der Waals surface area contributed by atoms with Gasteiger partial charge in [-0.1, -0.05) is 12.1 Å². The smallest absolute Gasteiger partial charge is 0.338 e. The predicted octanol–water partition coefficient (Wildman–Crippen LogP) is 4.32. The molecule has 2 aromatic carbocycles. The Morgan fingerprint density at radius 1 is 1.06 bits per heavy atom. The third-order valence-corrected chi connectivity index (χ3v) is 5.48. The Balaban J connectivity index is 1.62. The number of aryl methyl sites for hydroxylation is 1. The lowest BCUT2D eigenvalue weighted by Crippen LogP contribution is -2.19. The van der Waals surface area contributed by atoms with E-state index in [0.29, 0.717) is 34.4 Å². The molecule has 164 valence electrons. The lowest BCUT2D eigenvalue weighted by molar-refractivity contribution is 0.0526. The lowest BCUT2D eigenvalue weighted by atomic mass is 10.1. The SMILES string of the molecule is CCOC(=O)c1ccc(-n2ccc3c(cnc4c(-c5ccc(F)cc5)c(C)nn43)c2=O)cc1. The number of esters is 1. The fourth-order valence-electron chi connectivity index (χ4n) is 3.91. The van der Waals surface area contributed by atoms with Gasteiger partial charge < -0.3 is 4.74 Å². The number of hydrogen-bond donors (Lipinski definition) is 0. The number of rotatable bonds is 4. The first kappa shape index (κ1) is 20.6. The average Bonchev–Trinajstić information content (AvgIpc) is 3.16. The van der Waals surface area contributed by atoms with Crippen LogP contribution in [0.5, 0.6) is 0 Å². The van der Waals surface area contributed by atoms with Crippen molar-refractivity contribution in [2.45, 2.75) is 13.8 Å². The highest BCUT2D eigenvalue weighted by atomic mass is 19.1. The van der Waals surface area contributed by atoms with E-state index in [1.165, 1.54) is 22.9 Å². The molecule has 0 unspecified atom stereocenters. The summed E-state index contributed by atoms with van der Waals surface area (Å²) in [5, 5.41) is 4.99. The number of nitrogens with zero attached hydrogens (tertiary/aromatic N) is 4. The third kappa shape index (κ3) is 3.45. The summed E-state index contributed by atoms with van der Waals surface area (Å²) in [5.41, 5.74) is 4.27. The second-order valence-electron chi connectivity index (χ2n) is 7.52. The van der Waals surface area contributed by atoms with Crippen molar-refractivity contribution in [3.63, 3.8) is 0 Å². The van der Waals surface area contributed by atoms with Crippen LogP contribution in [-0.2, 0) is 4.74 Å². The summed E-state index contributed by atoms with van der Waals surface area (Å²) in [5.74, 6) is -0.727. The first-order valence-electron chi connectivity index (χ1n) is 10.4. The number of fused-ring (bicyclic) bond motifs is 3. The molecule has 0 radical (unpaired) electrons. The largest absolute Gasteiger partial charge is 0.462 e. The maximum atomic E-state index is 13.4. The molecule has 8 heteroatoms. The monoisotopic (exact) mass is 442 g/mol. The van der Waals surface area contributed by atoms with Gasteiger partial charge in [-0.05, 0) is 61.9 Å². The zero-order valence-corrected chi connectivity index (χ0v) is 17.9. The van der Waals surface area contributed by atoms with E-state index < -0.39 is 5.97 Å². The highest BCUT2D eigenvalue weighted by Gasteiger charge is 2.17. The number of halogens is 1. The number of carbonyl (C=O) groups is 1. The Labute approximate surface area is 187 Å². The molecular formula is C25H19FN4O3. The van der Waals surface area contributed by atoms with Gasteiger partial charge in [-0.25, -0.2) is 18.7 Å². The molecule has 0 aliphatic carbocycles. The second-order valence-corrected chi connectivity index (χ2v) is 7.52. The van der Waals surface area contributed by atoms with Crippen LogP contribution in [0, 0.1) is 12.7 Å². The summed E-state index contributed by atoms with van der Waals surface area (Å²) >= 11 is 0. The van der Waals surface area contributed by atoms with Crippen LogP contribution in [0.3, 0.4) is 0 Å². The molecule has 5 rings (SSSR count). The van der Waals surface area contributed by atoms with E-state index in [0.717, 1.165) is 16.8 Å². The Morgan fingerprint density at radius 3 is 2.48 bits per heavy atom. The molecule has 3 heterocycles. The van der Waals surface area contributed by atoms with E-state index in [9.17, 15) is 14.0 Å². The maximum Gasteiger partial charge on any atom is 0.338 e. The molecule has 0 saturated heterocycles. The first-order valence-corrected chi connectivity index (χ1v) is 10.4. The van der Waals surface area contributed by atoms with Crippen LogP contribution in [0.2, 0.25) is 0 Å². The zero-order valence-electron chi connectivity index (χ0n) is 17.9. The highest BCUT2D eigenvalue weighted by molar-refractivity contribution is 5.90. The third-order valence-electron chi connectivity index (χ3n) is 5.48. The standard InChI is InChI=1S/C25H19FN4O3/c1-3-33-25(32)17-6-10-19(11-7-17)29-13-12-21-20(24(29)31)14-27-23-22(15(2)28-30(21)23)16-4-8-18(26)9-5-16/h4-14H,3H2,1-2H3. The molecule has 0 N–H and O–H groups in total. The van der Waals surface area contributed by atoms with E-state index in [1.807, 2.05) is 6.92 Å². The van der Waals surface area contributed by atoms with Gasteiger partial charge in [0.25, 0.3) is 5.56 Å². The zero-order chi connectivity index (χ0) is 23.1. The molecule has 7 nitrogen and oxygen atoms in total. The van der Waals surface area contributed by atoms with Crippen molar-refractivity contribution in [1.29, 1.82) is 0 Å². The summed E-state index contributed by atoms with van der Waals surface area (Å²) < 4.78 is 21.5. The van der Waals surface area contributed by atoms with Crippen molar-refractivity contribution < 1.29 is 13.9 Å². The minimum atomic E-state index is -0.410. The number of ether oxygens (including phenoxy) is 1. The molecule has 0 fully saturated rings. The number of benzene rings is 2.